The number of aliphatic hydroxyl groups is 1. The lowest BCUT2D eigenvalue weighted by molar-refractivity contribution is -0.0614. The summed E-state index contributed by atoms with van der Waals surface area (Å²) in [7, 11) is -3.68. The highest BCUT2D eigenvalue weighted by atomic mass is 32.2. The molecule has 0 atom stereocenters. The number of aryl methyl sites for hydroxylation is 1. The van der Waals surface area contributed by atoms with Crippen LogP contribution in [0.15, 0.2) is 17.0 Å². The van der Waals surface area contributed by atoms with E-state index < -0.39 is 15.6 Å². The Morgan fingerprint density at radius 2 is 2.14 bits per heavy atom. The predicted molar refractivity (Wildman–Crippen MR) is 78.7 cm³/mol. The monoisotopic (exact) mass is 312 g/mol. The normalized spacial score (nSPS) is 21.2. The summed E-state index contributed by atoms with van der Waals surface area (Å²) in [5, 5.41) is 10.0. The second-order valence-electron chi connectivity index (χ2n) is 5.81. The van der Waals surface area contributed by atoms with E-state index in [2.05, 4.69) is 0 Å². The summed E-state index contributed by atoms with van der Waals surface area (Å²) in [6.45, 7) is 2.60. The Morgan fingerprint density at radius 3 is 2.81 bits per heavy atom. The van der Waals surface area contributed by atoms with Gasteiger partial charge in [0.1, 0.15) is 10.6 Å². The van der Waals surface area contributed by atoms with Gasteiger partial charge >= 0.3 is 0 Å². The molecular weight excluding hydrogens is 292 g/mol. The fraction of sp³-hybridized carbons (Fsp3) is 0.571. The van der Waals surface area contributed by atoms with Crippen LogP contribution in [0.2, 0.25) is 0 Å². The van der Waals surface area contributed by atoms with Gasteiger partial charge < -0.3 is 15.6 Å². The summed E-state index contributed by atoms with van der Waals surface area (Å²) in [4.78, 5) is 0.121. The summed E-state index contributed by atoms with van der Waals surface area (Å²) >= 11 is 0. The van der Waals surface area contributed by atoms with Crippen molar-refractivity contribution >= 4 is 15.7 Å². The zero-order chi connectivity index (χ0) is 15.3. The number of sulfonamides is 1. The fourth-order valence-electron chi connectivity index (χ4n) is 2.80. The van der Waals surface area contributed by atoms with Gasteiger partial charge in [-0.25, -0.2) is 8.42 Å². The summed E-state index contributed by atoms with van der Waals surface area (Å²) in [5.41, 5.74) is 6.18. The Bertz CT molecular complexity index is 666. The second kappa shape index (κ2) is 4.86. The Balaban J connectivity index is 1.99. The molecule has 2 heterocycles. The second-order valence-corrected chi connectivity index (χ2v) is 7.72. The molecule has 21 heavy (non-hydrogen) atoms. The minimum absolute atomic E-state index is 0.120. The van der Waals surface area contributed by atoms with E-state index in [1.165, 1.54) is 10.4 Å². The molecule has 0 amide bonds. The van der Waals surface area contributed by atoms with E-state index in [9.17, 15) is 13.5 Å². The lowest BCUT2D eigenvalue weighted by Gasteiger charge is -2.45. The molecule has 2 aliphatic heterocycles. The molecule has 3 N–H and O–H groups in total. The van der Waals surface area contributed by atoms with Gasteiger partial charge in [-0.3, -0.25) is 0 Å². The van der Waals surface area contributed by atoms with Gasteiger partial charge in [-0.2, -0.15) is 4.31 Å². The average Bonchev–Trinajstić information content (AvgIpc) is 2.42. The van der Waals surface area contributed by atoms with Crippen molar-refractivity contribution in [3.05, 3.63) is 17.7 Å². The standard InChI is InChI=1S/C14H20N2O4S/c1-2-14(17)8-16(9-14)21(18,19)12-7-11(15)6-10-4-3-5-20-13(10)12/h6-7,17H,2-5,8-9,15H2,1H3. The van der Waals surface area contributed by atoms with Crippen LogP contribution in [-0.4, -0.2) is 43.1 Å². The third kappa shape index (κ3) is 2.39. The Labute approximate surface area is 124 Å². The summed E-state index contributed by atoms with van der Waals surface area (Å²) in [6.07, 6.45) is 2.15. The third-order valence-electron chi connectivity index (χ3n) is 4.21. The van der Waals surface area contributed by atoms with Crippen LogP contribution in [0, 0.1) is 0 Å². The first-order chi connectivity index (χ1) is 9.86. The lowest BCUT2D eigenvalue weighted by atomic mass is 9.94. The summed E-state index contributed by atoms with van der Waals surface area (Å²) < 4.78 is 32.3. The Kier molecular flexibility index (Phi) is 3.38. The molecule has 6 nitrogen and oxygen atoms in total. The van der Waals surface area contributed by atoms with E-state index in [1.807, 2.05) is 6.92 Å². The van der Waals surface area contributed by atoms with E-state index in [0.29, 0.717) is 24.5 Å². The Hall–Kier alpha value is -1.31. The van der Waals surface area contributed by atoms with Crippen molar-refractivity contribution in [3.8, 4) is 5.75 Å². The number of nitrogens with two attached hydrogens (primary N) is 1. The number of benzene rings is 1. The molecule has 0 aliphatic carbocycles. The van der Waals surface area contributed by atoms with Crippen LogP contribution in [0.5, 0.6) is 5.75 Å². The zero-order valence-electron chi connectivity index (χ0n) is 12.0. The quantitative estimate of drug-likeness (QED) is 0.803. The van der Waals surface area contributed by atoms with Crippen molar-refractivity contribution in [1.29, 1.82) is 0 Å². The van der Waals surface area contributed by atoms with Crippen LogP contribution in [0.4, 0.5) is 5.69 Å². The largest absolute Gasteiger partial charge is 0.492 e. The van der Waals surface area contributed by atoms with Gasteiger partial charge in [-0.15, -0.1) is 0 Å². The molecule has 1 aromatic rings. The lowest BCUT2D eigenvalue weighted by Crippen LogP contribution is -2.62. The molecule has 2 aliphatic rings. The number of nitrogen functional groups attached to an aromatic ring is 1. The van der Waals surface area contributed by atoms with Gasteiger partial charge in [0, 0.05) is 18.8 Å². The molecule has 1 saturated heterocycles. The van der Waals surface area contributed by atoms with Crippen molar-refractivity contribution < 1.29 is 18.3 Å². The highest BCUT2D eigenvalue weighted by Gasteiger charge is 2.47. The molecule has 0 bridgehead atoms. The van der Waals surface area contributed by atoms with Crippen LogP contribution in [0.3, 0.4) is 0 Å². The molecular formula is C14H20N2O4S. The molecule has 0 unspecified atom stereocenters. The summed E-state index contributed by atoms with van der Waals surface area (Å²) in [5.74, 6) is 0.419. The van der Waals surface area contributed by atoms with Crippen LogP contribution < -0.4 is 10.5 Å². The highest BCUT2D eigenvalue weighted by molar-refractivity contribution is 7.89. The molecule has 0 saturated carbocycles. The molecule has 7 heteroatoms. The van der Waals surface area contributed by atoms with Crippen molar-refractivity contribution in [3.63, 3.8) is 0 Å². The molecule has 1 fully saturated rings. The molecule has 116 valence electrons. The molecule has 0 aromatic heterocycles. The molecule has 1 aromatic carbocycles. The van der Waals surface area contributed by atoms with E-state index in [0.717, 1.165) is 18.4 Å². The smallest absolute Gasteiger partial charge is 0.247 e. The maximum Gasteiger partial charge on any atom is 0.247 e. The number of rotatable bonds is 3. The van der Waals surface area contributed by atoms with Gasteiger partial charge in [0.2, 0.25) is 10.0 Å². The molecule has 3 rings (SSSR count). The maximum absolute atomic E-state index is 12.7. The Morgan fingerprint density at radius 1 is 1.43 bits per heavy atom. The number of β-amino-alcohol motifs (C(OH)–C–C–N with tert-alkyl or cyclic N) is 1. The number of nitrogens with zero attached hydrogens (tertiary/aromatic N) is 1. The van der Waals surface area contributed by atoms with Gasteiger partial charge in [0.05, 0.1) is 12.2 Å². The van der Waals surface area contributed by atoms with Crippen LogP contribution in [0.25, 0.3) is 0 Å². The minimum Gasteiger partial charge on any atom is -0.492 e. The number of hydrogen-bond donors (Lipinski definition) is 2. The minimum atomic E-state index is -3.68. The SMILES string of the molecule is CCC1(O)CN(S(=O)(=O)c2cc(N)cc3c2OCCC3)C1. The van der Waals surface area contributed by atoms with Crippen molar-refractivity contribution in [1.82, 2.24) is 4.31 Å². The van der Waals surface area contributed by atoms with Gasteiger partial charge in [0.15, 0.2) is 0 Å². The predicted octanol–water partition coefficient (Wildman–Crippen LogP) is 0.739. The van der Waals surface area contributed by atoms with E-state index in [4.69, 9.17) is 10.5 Å². The highest BCUT2D eigenvalue weighted by Crippen LogP contribution is 2.38. The third-order valence-corrected chi connectivity index (χ3v) is 6.01. The van der Waals surface area contributed by atoms with Crippen molar-refractivity contribution in [2.45, 2.75) is 36.7 Å². The van der Waals surface area contributed by atoms with Gasteiger partial charge in [-0.05, 0) is 37.0 Å². The zero-order valence-corrected chi connectivity index (χ0v) is 12.8. The fourth-order valence-corrected chi connectivity index (χ4v) is 4.61. The van der Waals surface area contributed by atoms with E-state index >= 15 is 0 Å². The summed E-state index contributed by atoms with van der Waals surface area (Å²) in [6, 6.07) is 3.22. The topological polar surface area (TPSA) is 92.9 Å². The van der Waals surface area contributed by atoms with E-state index in [1.54, 1.807) is 6.07 Å². The first kappa shape index (κ1) is 14.6. The average molecular weight is 312 g/mol. The molecule has 0 spiro atoms. The molecule has 0 radical (unpaired) electrons. The number of ether oxygens (including phenoxy) is 1. The van der Waals surface area contributed by atoms with E-state index in [-0.39, 0.29) is 18.0 Å². The number of hydrogen-bond acceptors (Lipinski definition) is 5. The van der Waals surface area contributed by atoms with Crippen molar-refractivity contribution in [2.75, 3.05) is 25.4 Å². The van der Waals surface area contributed by atoms with Crippen molar-refractivity contribution in [2.24, 2.45) is 0 Å². The van der Waals surface area contributed by atoms with Crippen LogP contribution >= 0.6 is 0 Å². The van der Waals surface area contributed by atoms with Gasteiger partial charge in [0.25, 0.3) is 0 Å². The maximum atomic E-state index is 12.7. The first-order valence-corrected chi connectivity index (χ1v) is 8.57. The van der Waals surface area contributed by atoms with Crippen LogP contribution in [0.1, 0.15) is 25.3 Å². The van der Waals surface area contributed by atoms with Gasteiger partial charge in [-0.1, -0.05) is 6.92 Å². The van der Waals surface area contributed by atoms with Crippen LogP contribution in [-0.2, 0) is 16.4 Å². The number of fused-ring (bicyclic) bond motifs is 1. The first-order valence-electron chi connectivity index (χ1n) is 7.13. The number of anilines is 1.